The van der Waals surface area contributed by atoms with Crippen LogP contribution in [0.25, 0.3) is 0 Å². The summed E-state index contributed by atoms with van der Waals surface area (Å²) in [6.07, 6.45) is 6.46. The van der Waals surface area contributed by atoms with E-state index in [0.717, 1.165) is 32.2 Å². The summed E-state index contributed by atoms with van der Waals surface area (Å²) in [6, 6.07) is 1.15. The molecule has 0 aromatic carbocycles. The SMILES string of the molecule is CCC1CCCCN1CC1COCCC1N. The van der Waals surface area contributed by atoms with Crippen LogP contribution in [0.3, 0.4) is 0 Å². The van der Waals surface area contributed by atoms with E-state index in [1.807, 2.05) is 0 Å². The van der Waals surface area contributed by atoms with Crippen molar-refractivity contribution in [3.63, 3.8) is 0 Å². The molecule has 2 saturated heterocycles. The highest BCUT2D eigenvalue weighted by Crippen LogP contribution is 2.23. The second kappa shape index (κ2) is 5.99. The lowest BCUT2D eigenvalue weighted by molar-refractivity contribution is 0.0128. The van der Waals surface area contributed by atoms with Crippen molar-refractivity contribution >= 4 is 0 Å². The molecule has 0 aromatic heterocycles. The molecular formula is C13H26N2O. The van der Waals surface area contributed by atoms with E-state index in [2.05, 4.69) is 11.8 Å². The van der Waals surface area contributed by atoms with Gasteiger partial charge in [0, 0.05) is 31.2 Å². The van der Waals surface area contributed by atoms with Crippen LogP contribution >= 0.6 is 0 Å². The molecule has 0 aliphatic carbocycles. The molecule has 2 aliphatic heterocycles. The van der Waals surface area contributed by atoms with E-state index in [9.17, 15) is 0 Å². The second-order valence-corrected chi connectivity index (χ2v) is 5.34. The van der Waals surface area contributed by atoms with Crippen molar-refractivity contribution in [1.29, 1.82) is 0 Å². The Hall–Kier alpha value is -0.120. The maximum Gasteiger partial charge on any atom is 0.0521 e. The number of piperidine rings is 1. The normalized spacial score (nSPS) is 37.5. The molecular weight excluding hydrogens is 200 g/mol. The van der Waals surface area contributed by atoms with Gasteiger partial charge >= 0.3 is 0 Å². The van der Waals surface area contributed by atoms with Crippen LogP contribution in [-0.4, -0.2) is 43.3 Å². The van der Waals surface area contributed by atoms with Crippen molar-refractivity contribution in [3.05, 3.63) is 0 Å². The number of likely N-dealkylation sites (tertiary alicyclic amines) is 1. The average Bonchev–Trinajstić information content (AvgIpc) is 2.33. The first-order valence-electron chi connectivity index (χ1n) is 6.88. The van der Waals surface area contributed by atoms with Gasteiger partial charge < -0.3 is 10.5 Å². The first kappa shape index (κ1) is 12.3. The van der Waals surface area contributed by atoms with Gasteiger partial charge in [0.05, 0.1) is 6.61 Å². The molecule has 2 heterocycles. The summed E-state index contributed by atoms with van der Waals surface area (Å²) in [5, 5.41) is 0. The smallest absolute Gasteiger partial charge is 0.0521 e. The summed E-state index contributed by atoms with van der Waals surface area (Å²) in [7, 11) is 0. The van der Waals surface area contributed by atoms with Crippen LogP contribution in [0.1, 0.15) is 39.0 Å². The molecule has 0 bridgehead atoms. The molecule has 3 nitrogen and oxygen atoms in total. The van der Waals surface area contributed by atoms with Crippen LogP contribution in [0.5, 0.6) is 0 Å². The van der Waals surface area contributed by atoms with Crippen LogP contribution in [0.15, 0.2) is 0 Å². The summed E-state index contributed by atoms with van der Waals surface area (Å²) in [5.41, 5.74) is 6.18. The number of hydrogen-bond donors (Lipinski definition) is 1. The molecule has 3 unspecified atom stereocenters. The minimum absolute atomic E-state index is 0.355. The molecule has 3 heteroatoms. The number of ether oxygens (including phenoxy) is 1. The Labute approximate surface area is 99.3 Å². The zero-order valence-corrected chi connectivity index (χ0v) is 10.5. The molecule has 0 aromatic rings. The van der Waals surface area contributed by atoms with E-state index in [-0.39, 0.29) is 0 Å². The fraction of sp³-hybridized carbons (Fsp3) is 1.00. The zero-order valence-electron chi connectivity index (χ0n) is 10.5. The third kappa shape index (κ3) is 2.96. The molecule has 16 heavy (non-hydrogen) atoms. The fourth-order valence-corrected chi connectivity index (χ4v) is 3.07. The molecule has 0 saturated carbocycles. The van der Waals surface area contributed by atoms with Crippen LogP contribution in [0.2, 0.25) is 0 Å². The molecule has 2 aliphatic rings. The molecule has 0 spiro atoms. The van der Waals surface area contributed by atoms with Crippen molar-refractivity contribution in [1.82, 2.24) is 4.90 Å². The van der Waals surface area contributed by atoms with E-state index >= 15 is 0 Å². The van der Waals surface area contributed by atoms with Crippen LogP contribution in [-0.2, 0) is 4.74 Å². The molecule has 3 atom stereocenters. The Morgan fingerprint density at radius 2 is 2.19 bits per heavy atom. The number of nitrogens with two attached hydrogens (primary N) is 1. The van der Waals surface area contributed by atoms with Gasteiger partial charge in [0.2, 0.25) is 0 Å². The molecule has 2 fully saturated rings. The molecule has 2 N–H and O–H groups in total. The van der Waals surface area contributed by atoms with Gasteiger partial charge in [0.1, 0.15) is 0 Å². The molecule has 2 rings (SSSR count). The summed E-state index contributed by atoms with van der Waals surface area (Å²) < 4.78 is 5.56. The number of rotatable bonds is 3. The fourth-order valence-electron chi connectivity index (χ4n) is 3.07. The Morgan fingerprint density at radius 3 is 2.94 bits per heavy atom. The summed E-state index contributed by atoms with van der Waals surface area (Å²) >= 11 is 0. The highest BCUT2D eigenvalue weighted by molar-refractivity contribution is 4.83. The van der Waals surface area contributed by atoms with E-state index < -0.39 is 0 Å². The van der Waals surface area contributed by atoms with E-state index in [1.165, 1.54) is 32.2 Å². The topological polar surface area (TPSA) is 38.5 Å². The van der Waals surface area contributed by atoms with Gasteiger partial charge in [-0.25, -0.2) is 0 Å². The lowest BCUT2D eigenvalue weighted by Crippen LogP contribution is -2.49. The molecule has 0 radical (unpaired) electrons. The predicted octanol–water partition coefficient (Wildman–Crippen LogP) is 1.61. The van der Waals surface area contributed by atoms with Gasteiger partial charge in [-0.05, 0) is 32.2 Å². The highest BCUT2D eigenvalue weighted by Gasteiger charge is 2.28. The average molecular weight is 226 g/mol. The Balaban J connectivity index is 1.86. The number of hydrogen-bond acceptors (Lipinski definition) is 3. The lowest BCUT2D eigenvalue weighted by Gasteiger charge is -2.40. The summed E-state index contributed by atoms with van der Waals surface area (Å²) in [5.74, 6) is 0.556. The van der Waals surface area contributed by atoms with Gasteiger partial charge in [-0.2, -0.15) is 0 Å². The summed E-state index contributed by atoms with van der Waals surface area (Å²) in [4.78, 5) is 2.66. The monoisotopic (exact) mass is 226 g/mol. The van der Waals surface area contributed by atoms with Crippen molar-refractivity contribution < 1.29 is 4.74 Å². The van der Waals surface area contributed by atoms with Gasteiger partial charge in [-0.3, -0.25) is 4.90 Å². The molecule has 0 amide bonds. The van der Waals surface area contributed by atoms with Crippen molar-refractivity contribution in [2.24, 2.45) is 11.7 Å². The van der Waals surface area contributed by atoms with Crippen molar-refractivity contribution in [2.45, 2.75) is 51.1 Å². The largest absolute Gasteiger partial charge is 0.381 e. The Kier molecular flexibility index (Phi) is 4.62. The first-order valence-corrected chi connectivity index (χ1v) is 6.88. The quantitative estimate of drug-likeness (QED) is 0.794. The van der Waals surface area contributed by atoms with Gasteiger partial charge in [0.25, 0.3) is 0 Å². The highest BCUT2D eigenvalue weighted by atomic mass is 16.5. The standard InChI is InChI=1S/C13H26N2O/c1-2-12-5-3-4-7-15(12)9-11-10-16-8-6-13(11)14/h11-13H,2-10,14H2,1H3. The van der Waals surface area contributed by atoms with Gasteiger partial charge in [-0.15, -0.1) is 0 Å². The van der Waals surface area contributed by atoms with E-state index in [4.69, 9.17) is 10.5 Å². The van der Waals surface area contributed by atoms with Gasteiger partial charge in [0.15, 0.2) is 0 Å². The third-order valence-electron chi connectivity index (χ3n) is 4.22. The first-order chi connectivity index (χ1) is 7.81. The minimum Gasteiger partial charge on any atom is -0.381 e. The number of nitrogens with zero attached hydrogens (tertiary/aromatic N) is 1. The van der Waals surface area contributed by atoms with Gasteiger partial charge in [-0.1, -0.05) is 13.3 Å². The van der Waals surface area contributed by atoms with E-state index in [0.29, 0.717) is 12.0 Å². The minimum atomic E-state index is 0.355. The third-order valence-corrected chi connectivity index (χ3v) is 4.22. The van der Waals surface area contributed by atoms with Crippen LogP contribution in [0.4, 0.5) is 0 Å². The Morgan fingerprint density at radius 1 is 1.31 bits per heavy atom. The predicted molar refractivity (Wildman–Crippen MR) is 66.4 cm³/mol. The second-order valence-electron chi connectivity index (χ2n) is 5.34. The zero-order chi connectivity index (χ0) is 11.4. The maximum atomic E-state index is 6.18. The Bertz CT molecular complexity index is 210. The lowest BCUT2D eigenvalue weighted by atomic mass is 9.93. The maximum absolute atomic E-state index is 6.18. The van der Waals surface area contributed by atoms with Crippen LogP contribution < -0.4 is 5.73 Å². The van der Waals surface area contributed by atoms with Crippen LogP contribution in [0, 0.1) is 5.92 Å². The molecule has 94 valence electrons. The van der Waals surface area contributed by atoms with Crippen molar-refractivity contribution in [2.75, 3.05) is 26.3 Å². The summed E-state index contributed by atoms with van der Waals surface area (Å²) in [6.45, 7) is 6.45. The van der Waals surface area contributed by atoms with Crippen molar-refractivity contribution in [3.8, 4) is 0 Å². The van der Waals surface area contributed by atoms with E-state index in [1.54, 1.807) is 0 Å².